The summed E-state index contributed by atoms with van der Waals surface area (Å²) in [4.78, 5) is 13.1. The van der Waals surface area contributed by atoms with E-state index in [4.69, 9.17) is 11.6 Å². The van der Waals surface area contributed by atoms with Crippen molar-refractivity contribution in [3.63, 3.8) is 0 Å². The third-order valence-electron chi connectivity index (χ3n) is 2.75. The van der Waals surface area contributed by atoms with Gasteiger partial charge in [-0.25, -0.2) is 0 Å². The Labute approximate surface area is 122 Å². The molecule has 1 N–H and O–H groups in total. The quantitative estimate of drug-likeness (QED) is 0.863. The molecule has 2 rings (SSSR count). The molecular weight excluding hydrogens is 278 g/mol. The first-order chi connectivity index (χ1) is 9.22. The zero-order valence-electron chi connectivity index (χ0n) is 10.5. The van der Waals surface area contributed by atoms with Gasteiger partial charge in [0.2, 0.25) is 0 Å². The Morgan fingerprint density at radius 1 is 1.16 bits per heavy atom. The van der Waals surface area contributed by atoms with Gasteiger partial charge in [-0.2, -0.15) is 0 Å². The van der Waals surface area contributed by atoms with Crippen molar-refractivity contribution in [3.8, 4) is 0 Å². The summed E-state index contributed by atoms with van der Waals surface area (Å²) < 4.78 is 0. The molecule has 4 heteroatoms. The molecular formula is C15H14ClNOS. The van der Waals surface area contributed by atoms with Gasteiger partial charge in [-0.1, -0.05) is 41.9 Å². The smallest absolute Gasteiger partial charge is 0.252 e. The van der Waals surface area contributed by atoms with Crippen LogP contribution in [0.15, 0.2) is 53.4 Å². The van der Waals surface area contributed by atoms with Crippen LogP contribution in [-0.4, -0.2) is 12.2 Å². The van der Waals surface area contributed by atoms with E-state index >= 15 is 0 Å². The number of amides is 1. The van der Waals surface area contributed by atoms with Gasteiger partial charge in [0.25, 0.3) is 5.91 Å². The molecule has 0 saturated carbocycles. The Hall–Kier alpha value is -1.45. The predicted molar refractivity (Wildman–Crippen MR) is 80.8 cm³/mol. The molecule has 2 aromatic rings. The average molecular weight is 292 g/mol. The highest BCUT2D eigenvalue weighted by molar-refractivity contribution is 7.98. The van der Waals surface area contributed by atoms with Crippen LogP contribution in [-0.2, 0) is 6.54 Å². The summed E-state index contributed by atoms with van der Waals surface area (Å²) in [7, 11) is 0. The molecule has 0 unspecified atom stereocenters. The van der Waals surface area contributed by atoms with Crippen LogP contribution in [0.5, 0.6) is 0 Å². The second kappa shape index (κ2) is 6.64. The molecule has 0 radical (unpaired) electrons. The molecule has 0 aliphatic heterocycles. The van der Waals surface area contributed by atoms with Crippen LogP contribution in [0.25, 0.3) is 0 Å². The number of hydrogen-bond acceptors (Lipinski definition) is 2. The minimum absolute atomic E-state index is 0.0788. The maximum atomic E-state index is 12.1. The van der Waals surface area contributed by atoms with Gasteiger partial charge in [-0.15, -0.1) is 11.8 Å². The van der Waals surface area contributed by atoms with Crippen LogP contribution in [0.1, 0.15) is 15.9 Å². The first-order valence-corrected chi connectivity index (χ1v) is 7.47. The molecule has 0 bridgehead atoms. The highest BCUT2D eigenvalue weighted by Gasteiger charge is 2.10. The monoisotopic (exact) mass is 291 g/mol. The molecule has 19 heavy (non-hydrogen) atoms. The van der Waals surface area contributed by atoms with Crippen molar-refractivity contribution < 1.29 is 4.79 Å². The number of halogens is 1. The molecule has 0 fully saturated rings. The van der Waals surface area contributed by atoms with E-state index in [1.807, 2.05) is 54.8 Å². The zero-order valence-corrected chi connectivity index (χ0v) is 12.1. The Morgan fingerprint density at radius 3 is 2.58 bits per heavy atom. The summed E-state index contributed by atoms with van der Waals surface area (Å²) in [6.07, 6.45) is 1.96. The molecule has 0 aliphatic rings. The van der Waals surface area contributed by atoms with Gasteiger partial charge < -0.3 is 5.32 Å². The van der Waals surface area contributed by atoms with E-state index in [0.29, 0.717) is 17.1 Å². The SMILES string of the molecule is CSc1ccccc1C(=O)NCc1ccccc1Cl. The average Bonchev–Trinajstić information content (AvgIpc) is 2.46. The maximum Gasteiger partial charge on any atom is 0.252 e. The van der Waals surface area contributed by atoms with Crippen LogP contribution in [0.2, 0.25) is 5.02 Å². The Morgan fingerprint density at radius 2 is 1.84 bits per heavy atom. The highest BCUT2D eigenvalue weighted by atomic mass is 35.5. The lowest BCUT2D eigenvalue weighted by atomic mass is 10.2. The molecule has 1 amide bonds. The standard InChI is InChI=1S/C15H14ClNOS/c1-19-14-9-5-3-7-12(14)15(18)17-10-11-6-2-4-8-13(11)16/h2-9H,10H2,1H3,(H,17,18). The summed E-state index contributed by atoms with van der Waals surface area (Å²) in [6.45, 7) is 0.432. The van der Waals surface area contributed by atoms with Crippen molar-refractivity contribution in [1.82, 2.24) is 5.32 Å². The van der Waals surface area contributed by atoms with E-state index in [-0.39, 0.29) is 5.91 Å². The van der Waals surface area contributed by atoms with Crippen molar-refractivity contribution in [2.45, 2.75) is 11.4 Å². The molecule has 0 heterocycles. The molecule has 98 valence electrons. The van der Waals surface area contributed by atoms with E-state index in [9.17, 15) is 4.79 Å². The summed E-state index contributed by atoms with van der Waals surface area (Å²) in [6, 6.07) is 15.1. The summed E-state index contributed by atoms with van der Waals surface area (Å²) in [5.41, 5.74) is 1.61. The number of nitrogens with one attached hydrogen (secondary N) is 1. The van der Waals surface area contributed by atoms with Crippen molar-refractivity contribution in [3.05, 3.63) is 64.7 Å². The first kappa shape index (κ1) is 14.0. The minimum atomic E-state index is -0.0788. The van der Waals surface area contributed by atoms with Gasteiger partial charge >= 0.3 is 0 Å². The second-order valence-corrected chi connectivity index (χ2v) is 5.23. The van der Waals surface area contributed by atoms with E-state index in [0.717, 1.165) is 10.5 Å². The van der Waals surface area contributed by atoms with E-state index in [2.05, 4.69) is 5.32 Å². The lowest BCUT2D eigenvalue weighted by Crippen LogP contribution is -2.23. The van der Waals surface area contributed by atoms with E-state index in [1.54, 1.807) is 11.8 Å². The summed E-state index contributed by atoms with van der Waals surface area (Å²) in [5, 5.41) is 3.56. The van der Waals surface area contributed by atoms with Crippen LogP contribution < -0.4 is 5.32 Å². The highest BCUT2D eigenvalue weighted by Crippen LogP contribution is 2.20. The third-order valence-corrected chi connectivity index (χ3v) is 3.91. The number of rotatable bonds is 4. The Bertz CT molecular complexity index is 586. The van der Waals surface area contributed by atoms with Crippen LogP contribution >= 0.6 is 23.4 Å². The molecule has 2 nitrogen and oxygen atoms in total. The van der Waals surface area contributed by atoms with Gasteiger partial charge in [0.05, 0.1) is 5.56 Å². The van der Waals surface area contributed by atoms with Gasteiger partial charge in [-0.05, 0) is 30.0 Å². The molecule has 0 saturated heterocycles. The Balaban J connectivity index is 2.08. The van der Waals surface area contributed by atoms with Gasteiger partial charge in [0.1, 0.15) is 0 Å². The topological polar surface area (TPSA) is 29.1 Å². The van der Waals surface area contributed by atoms with E-state index < -0.39 is 0 Å². The third kappa shape index (κ3) is 3.52. The fourth-order valence-electron chi connectivity index (χ4n) is 1.74. The van der Waals surface area contributed by atoms with Crippen LogP contribution in [0.4, 0.5) is 0 Å². The fraction of sp³-hybridized carbons (Fsp3) is 0.133. The second-order valence-electron chi connectivity index (χ2n) is 3.97. The van der Waals surface area contributed by atoms with Crippen LogP contribution in [0.3, 0.4) is 0 Å². The van der Waals surface area contributed by atoms with Crippen molar-refractivity contribution >= 4 is 29.3 Å². The maximum absolute atomic E-state index is 12.1. The molecule has 0 atom stereocenters. The van der Waals surface area contributed by atoms with Crippen molar-refractivity contribution in [2.75, 3.05) is 6.26 Å². The number of hydrogen-bond donors (Lipinski definition) is 1. The number of carbonyl (C=O) groups excluding carboxylic acids is 1. The van der Waals surface area contributed by atoms with E-state index in [1.165, 1.54) is 0 Å². The summed E-state index contributed by atoms with van der Waals surface area (Å²) >= 11 is 7.62. The minimum Gasteiger partial charge on any atom is -0.348 e. The lowest BCUT2D eigenvalue weighted by Gasteiger charge is -2.09. The van der Waals surface area contributed by atoms with Crippen LogP contribution in [0, 0.1) is 0 Å². The fourth-order valence-corrected chi connectivity index (χ4v) is 2.54. The molecule has 0 aromatic heterocycles. The Kier molecular flexibility index (Phi) is 4.88. The number of benzene rings is 2. The lowest BCUT2D eigenvalue weighted by molar-refractivity contribution is 0.0948. The number of carbonyl (C=O) groups is 1. The largest absolute Gasteiger partial charge is 0.348 e. The predicted octanol–water partition coefficient (Wildman–Crippen LogP) is 3.99. The normalized spacial score (nSPS) is 10.2. The number of thioether (sulfide) groups is 1. The zero-order chi connectivity index (χ0) is 13.7. The molecule has 0 spiro atoms. The molecule has 0 aliphatic carbocycles. The van der Waals surface area contributed by atoms with Gasteiger partial charge in [-0.3, -0.25) is 4.79 Å². The molecule has 2 aromatic carbocycles. The van der Waals surface area contributed by atoms with Crippen molar-refractivity contribution in [2.24, 2.45) is 0 Å². The first-order valence-electron chi connectivity index (χ1n) is 5.87. The summed E-state index contributed by atoms with van der Waals surface area (Å²) in [5.74, 6) is -0.0788. The van der Waals surface area contributed by atoms with Crippen molar-refractivity contribution in [1.29, 1.82) is 0 Å². The van der Waals surface area contributed by atoms with Gasteiger partial charge in [0.15, 0.2) is 0 Å². The van der Waals surface area contributed by atoms with Gasteiger partial charge in [0, 0.05) is 16.5 Å².